The van der Waals surface area contributed by atoms with Crippen LogP contribution in [0.25, 0.3) is 0 Å². The van der Waals surface area contributed by atoms with Gasteiger partial charge in [0.15, 0.2) is 0 Å². The Morgan fingerprint density at radius 1 is 1.04 bits per heavy atom. The zero-order valence-electron chi connectivity index (χ0n) is 15.2. The molecule has 4 heteroatoms. The molecule has 3 aliphatic heterocycles. The number of nitrogens with zero attached hydrogens (tertiary/aromatic N) is 2. The largest absolute Gasteiger partial charge is 0.351 e. The molecular weight excluding hydrogens is 310 g/mol. The minimum absolute atomic E-state index is 0.163. The number of hydrogen-bond donors (Lipinski definition) is 1. The van der Waals surface area contributed by atoms with E-state index in [1.807, 2.05) is 18.2 Å². The molecular formula is C21H31N3O. The van der Waals surface area contributed by atoms with Crippen molar-refractivity contribution in [2.75, 3.05) is 32.7 Å². The summed E-state index contributed by atoms with van der Waals surface area (Å²) in [6.07, 6.45) is 6.95. The smallest absolute Gasteiger partial charge is 0.234 e. The van der Waals surface area contributed by atoms with E-state index in [1.54, 1.807) is 0 Å². The van der Waals surface area contributed by atoms with Crippen molar-refractivity contribution >= 4 is 5.91 Å². The summed E-state index contributed by atoms with van der Waals surface area (Å²) < 4.78 is 0. The maximum absolute atomic E-state index is 12.4. The molecule has 1 aromatic rings. The normalized spacial score (nSPS) is 27.7. The monoisotopic (exact) mass is 341 g/mol. The summed E-state index contributed by atoms with van der Waals surface area (Å²) in [5.41, 5.74) is 1.17. The van der Waals surface area contributed by atoms with Crippen molar-refractivity contribution in [3.05, 3.63) is 35.9 Å². The Hall–Kier alpha value is -1.39. The van der Waals surface area contributed by atoms with Gasteiger partial charge in [-0.15, -0.1) is 0 Å². The number of benzene rings is 1. The lowest BCUT2D eigenvalue weighted by Crippen LogP contribution is -2.47. The van der Waals surface area contributed by atoms with Gasteiger partial charge in [-0.05, 0) is 43.1 Å². The molecule has 0 aromatic heterocycles. The Morgan fingerprint density at radius 3 is 2.64 bits per heavy atom. The minimum atomic E-state index is 0.163. The third-order valence-corrected chi connectivity index (χ3v) is 6.32. The highest BCUT2D eigenvalue weighted by Gasteiger charge is 2.36. The summed E-state index contributed by atoms with van der Waals surface area (Å²) in [6.45, 7) is 5.90. The van der Waals surface area contributed by atoms with Gasteiger partial charge in [0.05, 0.1) is 6.54 Å². The van der Waals surface area contributed by atoms with Crippen LogP contribution in [0.3, 0.4) is 0 Å². The van der Waals surface area contributed by atoms with Gasteiger partial charge in [0.2, 0.25) is 5.91 Å². The number of nitrogens with one attached hydrogen (secondary N) is 1. The first-order valence-corrected chi connectivity index (χ1v) is 10.0. The van der Waals surface area contributed by atoms with E-state index in [-0.39, 0.29) is 5.91 Å². The predicted molar refractivity (Wildman–Crippen MR) is 100 cm³/mol. The van der Waals surface area contributed by atoms with Gasteiger partial charge >= 0.3 is 0 Å². The Bertz CT molecular complexity index is 572. The third-order valence-electron chi connectivity index (χ3n) is 6.32. The first-order valence-electron chi connectivity index (χ1n) is 10.0. The van der Waals surface area contributed by atoms with Gasteiger partial charge in [-0.1, -0.05) is 36.8 Å². The number of carbonyl (C=O) groups excluding carboxylic acids is 1. The molecule has 0 unspecified atom stereocenters. The summed E-state index contributed by atoms with van der Waals surface area (Å²) in [6, 6.07) is 10.8. The van der Waals surface area contributed by atoms with Crippen molar-refractivity contribution in [3.63, 3.8) is 0 Å². The molecule has 1 aromatic carbocycles. The molecule has 1 amide bonds. The predicted octanol–water partition coefficient (Wildman–Crippen LogP) is 2.50. The highest BCUT2D eigenvalue weighted by Crippen LogP contribution is 2.33. The average Bonchev–Trinajstić information content (AvgIpc) is 2.87. The van der Waals surface area contributed by atoms with Crippen LogP contribution in [0.1, 0.15) is 37.7 Å². The standard InChI is InChI=1S/C21H31N3O/c25-21(22-11-17-5-2-1-3-6-17)16-23-12-19-9-10-20(15-23)24(14-19)13-18-7-4-8-18/h1-3,5-6,18-20H,4,7-16H2,(H,22,25)/t19-,20+/m0/s1. The maximum atomic E-state index is 12.4. The molecule has 3 heterocycles. The second-order valence-electron chi connectivity index (χ2n) is 8.30. The summed E-state index contributed by atoms with van der Waals surface area (Å²) in [5.74, 6) is 1.86. The quantitative estimate of drug-likeness (QED) is 0.863. The zero-order valence-corrected chi connectivity index (χ0v) is 15.2. The fourth-order valence-corrected chi connectivity index (χ4v) is 4.69. The van der Waals surface area contributed by atoms with E-state index in [2.05, 4.69) is 27.2 Å². The lowest BCUT2D eigenvalue weighted by atomic mass is 9.83. The van der Waals surface area contributed by atoms with Crippen molar-refractivity contribution in [2.24, 2.45) is 11.8 Å². The molecule has 25 heavy (non-hydrogen) atoms. The van der Waals surface area contributed by atoms with Gasteiger partial charge in [-0.25, -0.2) is 0 Å². The lowest BCUT2D eigenvalue weighted by Gasteiger charge is -2.40. The first kappa shape index (κ1) is 17.0. The molecule has 4 nitrogen and oxygen atoms in total. The maximum Gasteiger partial charge on any atom is 0.234 e. The molecule has 4 fully saturated rings. The van der Waals surface area contributed by atoms with Crippen LogP contribution in [-0.4, -0.2) is 54.5 Å². The number of fused-ring (bicyclic) bond motifs is 4. The van der Waals surface area contributed by atoms with E-state index < -0.39 is 0 Å². The summed E-state index contributed by atoms with van der Waals surface area (Å²) in [7, 11) is 0. The van der Waals surface area contributed by atoms with E-state index in [4.69, 9.17) is 0 Å². The second-order valence-corrected chi connectivity index (χ2v) is 8.30. The number of hydrogen-bond acceptors (Lipinski definition) is 3. The molecule has 3 saturated heterocycles. The molecule has 1 saturated carbocycles. The Morgan fingerprint density at radius 2 is 1.88 bits per heavy atom. The van der Waals surface area contributed by atoms with Crippen molar-refractivity contribution in [2.45, 2.75) is 44.7 Å². The summed E-state index contributed by atoms with van der Waals surface area (Å²) in [4.78, 5) is 17.5. The van der Waals surface area contributed by atoms with Gasteiger partial charge in [-0.2, -0.15) is 0 Å². The van der Waals surface area contributed by atoms with Gasteiger partial charge in [-0.3, -0.25) is 14.6 Å². The Balaban J connectivity index is 1.27. The van der Waals surface area contributed by atoms with Crippen LogP contribution >= 0.6 is 0 Å². The SMILES string of the molecule is O=C(CN1C[C@@H]2CC[C@H](C1)N(CC1CCC1)C2)NCc1ccccc1. The second kappa shape index (κ2) is 7.88. The van der Waals surface area contributed by atoms with E-state index in [0.717, 1.165) is 24.9 Å². The van der Waals surface area contributed by atoms with Crippen LogP contribution in [0.2, 0.25) is 0 Å². The van der Waals surface area contributed by atoms with Gasteiger partial charge in [0.25, 0.3) is 0 Å². The van der Waals surface area contributed by atoms with Crippen LogP contribution in [0.5, 0.6) is 0 Å². The molecule has 136 valence electrons. The lowest BCUT2D eigenvalue weighted by molar-refractivity contribution is -0.122. The van der Waals surface area contributed by atoms with E-state index in [1.165, 1.54) is 50.8 Å². The summed E-state index contributed by atoms with van der Waals surface area (Å²) >= 11 is 0. The molecule has 1 aliphatic carbocycles. The van der Waals surface area contributed by atoms with Gasteiger partial charge in [0.1, 0.15) is 0 Å². The summed E-state index contributed by atoms with van der Waals surface area (Å²) in [5, 5.41) is 3.08. The van der Waals surface area contributed by atoms with Crippen molar-refractivity contribution in [1.82, 2.24) is 15.1 Å². The molecule has 5 rings (SSSR count). The average molecular weight is 341 g/mol. The highest BCUT2D eigenvalue weighted by atomic mass is 16.2. The minimum Gasteiger partial charge on any atom is -0.351 e. The van der Waals surface area contributed by atoms with Crippen molar-refractivity contribution in [1.29, 1.82) is 0 Å². The molecule has 1 N–H and O–H groups in total. The van der Waals surface area contributed by atoms with Crippen LogP contribution in [0, 0.1) is 11.8 Å². The highest BCUT2D eigenvalue weighted by molar-refractivity contribution is 5.78. The molecule has 0 spiro atoms. The fraction of sp³-hybridized carbons (Fsp3) is 0.667. The van der Waals surface area contributed by atoms with Crippen LogP contribution in [-0.2, 0) is 11.3 Å². The fourth-order valence-electron chi connectivity index (χ4n) is 4.69. The molecule has 0 radical (unpaired) electrons. The number of piperidine rings is 1. The van der Waals surface area contributed by atoms with E-state index in [0.29, 0.717) is 19.1 Å². The first-order chi connectivity index (χ1) is 12.3. The van der Waals surface area contributed by atoms with E-state index in [9.17, 15) is 4.79 Å². The number of amides is 1. The van der Waals surface area contributed by atoms with Gasteiger partial charge < -0.3 is 5.32 Å². The number of carbonyl (C=O) groups is 1. The topological polar surface area (TPSA) is 35.6 Å². The Kier molecular flexibility index (Phi) is 5.37. The molecule has 4 aliphatic rings. The van der Waals surface area contributed by atoms with Crippen LogP contribution < -0.4 is 5.32 Å². The molecule has 2 atom stereocenters. The van der Waals surface area contributed by atoms with E-state index >= 15 is 0 Å². The Labute approximate surface area is 151 Å². The van der Waals surface area contributed by atoms with Crippen LogP contribution in [0.4, 0.5) is 0 Å². The zero-order chi connectivity index (χ0) is 17.1. The van der Waals surface area contributed by atoms with Crippen molar-refractivity contribution < 1.29 is 4.79 Å². The molecule has 2 bridgehead atoms. The third kappa shape index (κ3) is 4.42. The van der Waals surface area contributed by atoms with Gasteiger partial charge in [0, 0.05) is 38.8 Å². The number of rotatable bonds is 6. The van der Waals surface area contributed by atoms with Crippen molar-refractivity contribution in [3.8, 4) is 0 Å². The van der Waals surface area contributed by atoms with Crippen LogP contribution in [0.15, 0.2) is 30.3 Å².